The average molecular weight is 408 g/mol. The van der Waals surface area contributed by atoms with E-state index in [0.29, 0.717) is 24.3 Å². The molecular weight excluding hydrogens is 378 g/mol. The molecule has 3 aromatic rings. The second kappa shape index (κ2) is 7.98. The molecule has 5 nitrogen and oxygen atoms in total. The van der Waals surface area contributed by atoms with Crippen LogP contribution in [0, 0.1) is 0 Å². The van der Waals surface area contributed by atoms with Crippen molar-refractivity contribution in [3.05, 3.63) is 42.0 Å². The lowest BCUT2D eigenvalue weighted by Gasteiger charge is -2.33. The highest BCUT2D eigenvalue weighted by atomic mass is 16.5. The fraction of sp³-hybridized carbons (Fsp3) is 0.360. The summed E-state index contributed by atoms with van der Waals surface area (Å²) in [5.41, 5.74) is 3.18. The zero-order valence-corrected chi connectivity index (χ0v) is 18.0. The normalized spacial score (nSPS) is 12.8. The van der Waals surface area contributed by atoms with E-state index < -0.39 is 0 Å². The summed E-state index contributed by atoms with van der Waals surface area (Å²) in [6, 6.07) is 12.2. The smallest absolute Gasteiger partial charge is 0.208 e. The summed E-state index contributed by atoms with van der Waals surface area (Å²) in [6.45, 7) is 6.77. The number of hydrogen-bond donors (Lipinski definition) is 2. The van der Waals surface area contributed by atoms with Crippen LogP contribution in [0.25, 0.3) is 21.9 Å². The van der Waals surface area contributed by atoms with Gasteiger partial charge in [0.15, 0.2) is 11.5 Å². The molecular formula is C25H29NO4. The SMILES string of the molecule is CCCCOc1c(O)c2c(c(O)c1OC(C)C)-c1ccc3ccccc3c1N(C)C2. The first-order chi connectivity index (χ1) is 14.4. The van der Waals surface area contributed by atoms with Crippen LogP contribution in [-0.2, 0) is 6.54 Å². The number of fused-ring (bicyclic) bond motifs is 5. The molecule has 158 valence electrons. The topological polar surface area (TPSA) is 62.2 Å². The number of ether oxygens (including phenoxy) is 2. The van der Waals surface area contributed by atoms with E-state index in [9.17, 15) is 10.2 Å². The average Bonchev–Trinajstić information content (AvgIpc) is 2.73. The number of nitrogens with zero attached hydrogens (tertiary/aromatic N) is 1. The Bertz CT molecular complexity index is 1090. The number of anilines is 1. The van der Waals surface area contributed by atoms with Gasteiger partial charge in [-0.3, -0.25) is 0 Å². The first-order valence-corrected chi connectivity index (χ1v) is 10.6. The lowest BCUT2D eigenvalue weighted by Crippen LogP contribution is -2.22. The number of benzene rings is 3. The third kappa shape index (κ3) is 3.28. The molecule has 0 saturated heterocycles. The van der Waals surface area contributed by atoms with E-state index in [0.717, 1.165) is 34.9 Å². The third-order valence-corrected chi connectivity index (χ3v) is 5.51. The van der Waals surface area contributed by atoms with Gasteiger partial charge in [-0.05, 0) is 25.7 Å². The molecule has 2 N–H and O–H groups in total. The largest absolute Gasteiger partial charge is 0.504 e. The molecule has 1 aliphatic rings. The second-order valence-electron chi connectivity index (χ2n) is 8.12. The molecule has 4 rings (SSSR count). The van der Waals surface area contributed by atoms with E-state index in [1.807, 2.05) is 45.2 Å². The number of aromatic hydroxyl groups is 2. The molecule has 0 bridgehead atoms. The first kappa shape index (κ1) is 20.2. The highest BCUT2D eigenvalue weighted by Gasteiger charge is 2.33. The number of phenolic OH excluding ortho intramolecular Hbond substituents is 2. The zero-order chi connectivity index (χ0) is 21.4. The Hall–Kier alpha value is -3.08. The van der Waals surface area contributed by atoms with Crippen LogP contribution in [0.2, 0.25) is 0 Å². The van der Waals surface area contributed by atoms with Gasteiger partial charge in [0, 0.05) is 35.7 Å². The zero-order valence-electron chi connectivity index (χ0n) is 18.0. The van der Waals surface area contributed by atoms with Crippen molar-refractivity contribution in [1.29, 1.82) is 0 Å². The maximum Gasteiger partial charge on any atom is 0.208 e. The summed E-state index contributed by atoms with van der Waals surface area (Å²) in [7, 11) is 2.00. The highest BCUT2D eigenvalue weighted by Crippen LogP contribution is 2.57. The van der Waals surface area contributed by atoms with Gasteiger partial charge >= 0.3 is 0 Å². The third-order valence-electron chi connectivity index (χ3n) is 5.51. The highest BCUT2D eigenvalue weighted by molar-refractivity contribution is 6.05. The minimum absolute atomic E-state index is 0.0210. The van der Waals surface area contributed by atoms with Gasteiger partial charge in [-0.2, -0.15) is 0 Å². The Morgan fingerprint density at radius 2 is 1.80 bits per heavy atom. The van der Waals surface area contributed by atoms with Crippen molar-refractivity contribution in [2.75, 3.05) is 18.6 Å². The van der Waals surface area contributed by atoms with Crippen LogP contribution in [0.15, 0.2) is 36.4 Å². The Morgan fingerprint density at radius 1 is 1.03 bits per heavy atom. The molecule has 0 spiro atoms. The van der Waals surface area contributed by atoms with Crippen LogP contribution in [0.5, 0.6) is 23.0 Å². The van der Waals surface area contributed by atoms with Gasteiger partial charge < -0.3 is 24.6 Å². The van der Waals surface area contributed by atoms with Crippen LogP contribution in [-0.4, -0.2) is 30.0 Å². The molecule has 0 radical (unpaired) electrons. The van der Waals surface area contributed by atoms with Crippen molar-refractivity contribution < 1.29 is 19.7 Å². The van der Waals surface area contributed by atoms with Crippen molar-refractivity contribution in [2.24, 2.45) is 0 Å². The predicted octanol–water partition coefficient (Wildman–Crippen LogP) is 5.83. The van der Waals surface area contributed by atoms with Gasteiger partial charge in [-0.25, -0.2) is 0 Å². The molecule has 3 aromatic carbocycles. The number of unbranched alkanes of at least 4 members (excludes halogenated alkanes) is 1. The van der Waals surface area contributed by atoms with Gasteiger partial charge in [0.05, 0.1) is 18.4 Å². The molecule has 0 atom stereocenters. The standard InChI is InChI=1S/C25H29NO4/c1-5-6-13-29-24-22(27)19-14-26(4)21-17-10-8-7-9-16(17)11-12-18(21)20(19)23(28)25(24)30-15(2)3/h7-12,15,27-28H,5-6,13-14H2,1-4H3. The van der Waals surface area contributed by atoms with Crippen LogP contribution < -0.4 is 14.4 Å². The summed E-state index contributed by atoms with van der Waals surface area (Å²) < 4.78 is 11.8. The maximum atomic E-state index is 11.3. The van der Waals surface area contributed by atoms with Crippen molar-refractivity contribution in [3.8, 4) is 34.1 Å². The van der Waals surface area contributed by atoms with E-state index in [2.05, 4.69) is 24.0 Å². The second-order valence-corrected chi connectivity index (χ2v) is 8.12. The quantitative estimate of drug-likeness (QED) is 0.397. The van der Waals surface area contributed by atoms with Crippen molar-refractivity contribution in [2.45, 2.75) is 46.3 Å². The molecule has 30 heavy (non-hydrogen) atoms. The number of rotatable bonds is 6. The van der Waals surface area contributed by atoms with E-state index >= 15 is 0 Å². The van der Waals surface area contributed by atoms with E-state index in [1.54, 1.807) is 0 Å². The summed E-state index contributed by atoms with van der Waals surface area (Å²) >= 11 is 0. The number of phenols is 2. The molecule has 5 heteroatoms. The summed E-state index contributed by atoms with van der Waals surface area (Å²) in [5.74, 6) is 0.500. The van der Waals surface area contributed by atoms with Gasteiger partial charge in [0.2, 0.25) is 11.5 Å². The summed E-state index contributed by atoms with van der Waals surface area (Å²) in [6.07, 6.45) is 1.65. The van der Waals surface area contributed by atoms with E-state index in [-0.39, 0.29) is 29.1 Å². The Morgan fingerprint density at radius 3 is 2.53 bits per heavy atom. The van der Waals surface area contributed by atoms with E-state index in [4.69, 9.17) is 9.47 Å². The van der Waals surface area contributed by atoms with Gasteiger partial charge in [-0.1, -0.05) is 49.7 Å². The van der Waals surface area contributed by atoms with Crippen molar-refractivity contribution >= 4 is 16.5 Å². The molecule has 0 unspecified atom stereocenters. The molecule has 0 amide bonds. The van der Waals surface area contributed by atoms with E-state index in [1.165, 1.54) is 0 Å². The molecule has 1 aliphatic heterocycles. The Kier molecular flexibility index (Phi) is 5.37. The van der Waals surface area contributed by atoms with Gasteiger partial charge in [0.1, 0.15) is 0 Å². The van der Waals surface area contributed by atoms with Gasteiger partial charge in [-0.15, -0.1) is 0 Å². The van der Waals surface area contributed by atoms with Crippen LogP contribution in [0.1, 0.15) is 39.2 Å². The predicted molar refractivity (Wildman–Crippen MR) is 121 cm³/mol. The number of hydrogen-bond acceptors (Lipinski definition) is 5. The molecule has 0 fully saturated rings. The molecule has 0 aliphatic carbocycles. The maximum absolute atomic E-state index is 11.3. The molecule has 1 heterocycles. The lowest BCUT2D eigenvalue weighted by atomic mass is 9.89. The fourth-order valence-electron chi connectivity index (χ4n) is 4.15. The first-order valence-electron chi connectivity index (χ1n) is 10.6. The van der Waals surface area contributed by atoms with Crippen LogP contribution in [0.3, 0.4) is 0 Å². The monoisotopic (exact) mass is 407 g/mol. The fourth-order valence-corrected chi connectivity index (χ4v) is 4.15. The summed E-state index contributed by atoms with van der Waals surface area (Å²) in [5, 5.41) is 24.7. The van der Waals surface area contributed by atoms with Crippen molar-refractivity contribution in [1.82, 2.24) is 0 Å². The Labute approximate surface area is 177 Å². The molecule has 0 aromatic heterocycles. The van der Waals surface area contributed by atoms with Crippen LogP contribution in [0.4, 0.5) is 5.69 Å². The Balaban J connectivity index is 1.98. The van der Waals surface area contributed by atoms with Crippen LogP contribution >= 0.6 is 0 Å². The lowest BCUT2D eigenvalue weighted by molar-refractivity contribution is 0.206. The summed E-state index contributed by atoms with van der Waals surface area (Å²) in [4.78, 5) is 2.11. The minimum Gasteiger partial charge on any atom is -0.504 e. The minimum atomic E-state index is -0.177. The van der Waals surface area contributed by atoms with Crippen molar-refractivity contribution in [3.63, 3.8) is 0 Å². The van der Waals surface area contributed by atoms with Gasteiger partial charge in [0.25, 0.3) is 0 Å². The molecule has 0 saturated carbocycles.